The molecule has 4 heteroatoms. The first-order chi connectivity index (χ1) is 9.81. The Morgan fingerprint density at radius 3 is 2.55 bits per heavy atom. The van der Waals surface area contributed by atoms with Gasteiger partial charge in [-0.3, -0.25) is 4.79 Å². The smallest absolute Gasteiger partial charge is 0.256 e. The molecule has 0 aliphatic rings. The van der Waals surface area contributed by atoms with Gasteiger partial charge in [-0.25, -0.2) is 0 Å². The van der Waals surface area contributed by atoms with E-state index >= 15 is 0 Å². The molecule has 1 heterocycles. The van der Waals surface area contributed by atoms with Crippen LogP contribution >= 0.6 is 0 Å². The summed E-state index contributed by atoms with van der Waals surface area (Å²) >= 11 is 0. The Hall–Kier alpha value is -2.49. The van der Waals surface area contributed by atoms with Crippen molar-refractivity contribution in [1.29, 1.82) is 0 Å². The van der Waals surface area contributed by atoms with E-state index in [0.29, 0.717) is 0 Å². The van der Waals surface area contributed by atoms with Gasteiger partial charge in [0.15, 0.2) is 0 Å². The van der Waals surface area contributed by atoms with Crippen molar-refractivity contribution in [3.8, 4) is 0 Å². The zero-order chi connectivity index (χ0) is 13.9. The third kappa shape index (κ3) is 2.09. The molecule has 20 heavy (non-hydrogen) atoms. The van der Waals surface area contributed by atoms with E-state index in [0.717, 1.165) is 23.0 Å². The van der Waals surface area contributed by atoms with Gasteiger partial charge in [-0.1, -0.05) is 54.6 Å². The number of nitrogens with zero attached hydrogens (tertiary/aromatic N) is 3. The quantitative estimate of drug-likeness (QED) is 0.730. The standard InChI is InChI=1S/C16H15N3O/c1-2-13(12-8-4-3-5-9-12)16(20)19-15-11-7-6-10-14(15)17-18-19/h3-11,13H,2H2,1H3/t13-/m0/s1. The maximum absolute atomic E-state index is 12.7. The van der Waals surface area contributed by atoms with E-state index in [1.54, 1.807) is 0 Å². The molecule has 3 rings (SSSR count). The highest BCUT2D eigenvalue weighted by molar-refractivity contribution is 5.92. The number of hydrogen-bond acceptors (Lipinski definition) is 3. The fraction of sp³-hybridized carbons (Fsp3) is 0.188. The molecule has 0 amide bonds. The van der Waals surface area contributed by atoms with Crippen molar-refractivity contribution in [2.24, 2.45) is 0 Å². The fourth-order valence-electron chi connectivity index (χ4n) is 2.42. The van der Waals surface area contributed by atoms with Crippen LogP contribution in [-0.4, -0.2) is 20.9 Å². The topological polar surface area (TPSA) is 47.8 Å². The van der Waals surface area contributed by atoms with Gasteiger partial charge in [0.05, 0.1) is 11.4 Å². The van der Waals surface area contributed by atoms with Crippen LogP contribution in [0.1, 0.15) is 29.6 Å². The lowest BCUT2D eigenvalue weighted by Gasteiger charge is -2.13. The predicted octanol–water partition coefficient (Wildman–Crippen LogP) is 3.27. The van der Waals surface area contributed by atoms with Gasteiger partial charge in [-0.2, -0.15) is 4.68 Å². The van der Waals surface area contributed by atoms with Crippen molar-refractivity contribution >= 4 is 16.9 Å². The lowest BCUT2D eigenvalue weighted by Crippen LogP contribution is -2.21. The van der Waals surface area contributed by atoms with Gasteiger partial charge in [0.25, 0.3) is 5.91 Å². The van der Waals surface area contributed by atoms with Crippen LogP contribution in [0, 0.1) is 0 Å². The summed E-state index contributed by atoms with van der Waals surface area (Å²) in [4.78, 5) is 12.7. The maximum atomic E-state index is 12.7. The van der Waals surface area contributed by atoms with Crippen molar-refractivity contribution in [2.75, 3.05) is 0 Å². The minimum Gasteiger partial charge on any atom is -0.272 e. The largest absolute Gasteiger partial charge is 0.272 e. The molecule has 0 saturated carbocycles. The molecule has 4 nitrogen and oxygen atoms in total. The number of para-hydroxylation sites is 1. The van der Waals surface area contributed by atoms with E-state index in [1.807, 2.05) is 61.5 Å². The van der Waals surface area contributed by atoms with Gasteiger partial charge < -0.3 is 0 Å². The number of benzene rings is 2. The van der Waals surface area contributed by atoms with Gasteiger partial charge >= 0.3 is 0 Å². The van der Waals surface area contributed by atoms with E-state index < -0.39 is 0 Å². The molecule has 0 N–H and O–H groups in total. The molecule has 0 fully saturated rings. The number of carbonyl (C=O) groups excluding carboxylic acids is 1. The van der Waals surface area contributed by atoms with E-state index in [1.165, 1.54) is 4.68 Å². The Morgan fingerprint density at radius 2 is 1.80 bits per heavy atom. The summed E-state index contributed by atoms with van der Waals surface area (Å²) in [5, 5.41) is 8.05. The summed E-state index contributed by atoms with van der Waals surface area (Å²) in [5.41, 5.74) is 2.51. The van der Waals surface area contributed by atoms with Gasteiger partial charge in [0.2, 0.25) is 0 Å². The molecular formula is C16H15N3O. The minimum atomic E-state index is -0.193. The lowest BCUT2D eigenvalue weighted by atomic mass is 9.96. The van der Waals surface area contributed by atoms with Crippen LogP contribution in [0.3, 0.4) is 0 Å². The number of fused-ring (bicyclic) bond motifs is 1. The molecule has 0 bridgehead atoms. The average Bonchev–Trinajstić information content (AvgIpc) is 2.93. The summed E-state index contributed by atoms with van der Waals surface area (Å²) in [6.07, 6.45) is 0.733. The SMILES string of the molecule is CC[C@H](C(=O)n1nnc2ccccc21)c1ccccc1. The Balaban J connectivity index is 2.03. The normalized spacial score (nSPS) is 12.4. The van der Waals surface area contributed by atoms with Crippen LogP contribution in [-0.2, 0) is 0 Å². The van der Waals surface area contributed by atoms with Gasteiger partial charge in [-0.05, 0) is 24.1 Å². The van der Waals surface area contributed by atoms with E-state index in [9.17, 15) is 4.79 Å². The molecule has 0 aliphatic heterocycles. The maximum Gasteiger partial charge on any atom is 0.256 e. The van der Waals surface area contributed by atoms with Gasteiger partial charge in [0.1, 0.15) is 5.52 Å². The Bertz CT molecular complexity index is 734. The summed E-state index contributed by atoms with van der Waals surface area (Å²) in [5.74, 6) is -0.228. The third-order valence-corrected chi connectivity index (χ3v) is 3.47. The van der Waals surface area contributed by atoms with E-state index in [4.69, 9.17) is 0 Å². The highest BCUT2D eigenvalue weighted by Crippen LogP contribution is 2.22. The van der Waals surface area contributed by atoms with Crippen molar-refractivity contribution in [1.82, 2.24) is 15.0 Å². The molecule has 0 unspecified atom stereocenters. The molecule has 0 saturated heterocycles. The second kappa shape index (κ2) is 5.25. The van der Waals surface area contributed by atoms with Crippen molar-refractivity contribution in [3.05, 3.63) is 60.2 Å². The molecule has 1 aromatic heterocycles. The number of aromatic nitrogens is 3. The fourth-order valence-corrected chi connectivity index (χ4v) is 2.42. The molecule has 2 aromatic carbocycles. The summed E-state index contributed by atoms with van der Waals surface area (Å²) in [6.45, 7) is 2.01. The Morgan fingerprint density at radius 1 is 1.10 bits per heavy atom. The minimum absolute atomic E-state index is 0.0348. The van der Waals surface area contributed by atoms with Gasteiger partial charge in [0, 0.05) is 0 Å². The zero-order valence-corrected chi connectivity index (χ0v) is 11.2. The average molecular weight is 265 g/mol. The number of carbonyl (C=O) groups is 1. The molecule has 1 atom stereocenters. The molecule has 0 radical (unpaired) electrons. The van der Waals surface area contributed by atoms with Crippen molar-refractivity contribution in [3.63, 3.8) is 0 Å². The van der Waals surface area contributed by atoms with E-state index in [-0.39, 0.29) is 11.8 Å². The summed E-state index contributed by atoms with van der Waals surface area (Å²) in [6, 6.07) is 17.3. The molecule has 0 aliphatic carbocycles. The molecule has 0 spiro atoms. The van der Waals surface area contributed by atoms with Crippen LogP contribution in [0.4, 0.5) is 0 Å². The summed E-state index contributed by atoms with van der Waals surface area (Å²) in [7, 11) is 0. The second-order valence-corrected chi connectivity index (χ2v) is 4.70. The number of hydrogen-bond donors (Lipinski definition) is 0. The molecule has 3 aromatic rings. The van der Waals surface area contributed by atoms with Crippen LogP contribution < -0.4 is 0 Å². The number of rotatable bonds is 3. The first kappa shape index (κ1) is 12.5. The van der Waals surface area contributed by atoms with Crippen LogP contribution in [0.2, 0.25) is 0 Å². The predicted molar refractivity (Wildman–Crippen MR) is 77.6 cm³/mol. The highest BCUT2D eigenvalue weighted by Gasteiger charge is 2.22. The highest BCUT2D eigenvalue weighted by atomic mass is 16.2. The van der Waals surface area contributed by atoms with Crippen LogP contribution in [0.25, 0.3) is 11.0 Å². The third-order valence-electron chi connectivity index (χ3n) is 3.47. The second-order valence-electron chi connectivity index (χ2n) is 4.70. The summed E-state index contributed by atoms with van der Waals surface area (Å²) < 4.78 is 1.41. The Kier molecular flexibility index (Phi) is 3.29. The Labute approximate surface area is 117 Å². The van der Waals surface area contributed by atoms with E-state index in [2.05, 4.69) is 10.3 Å². The monoisotopic (exact) mass is 265 g/mol. The van der Waals surface area contributed by atoms with Gasteiger partial charge in [-0.15, -0.1) is 5.10 Å². The molecule has 100 valence electrons. The van der Waals surface area contributed by atoms with Crippen molar-refractivity contribution < 1.29 is 4.79 Å². The first-order valence-corrected chi connectivity index (χ1v) is 6.71. The first-order valence-electron chi connectivity index (χ1n) is 6.71. The van der Waals surface area contributed by atoms with Crippen LogP contribution in [0.15, 0.2) is 54.6 Å². The molecular weight excluding hydrogens is 250 g/mol. The zero-order valence-electron chi connectivity index (χ0n) is 11.2. The van der Waals surface area contributed by atoms with Crippen LogP contribution in [0.5, 0.6) is 0 Å². The lowest BCUT2D eigenvalue weighted by molar-refractivity contribution is 0.0862. The van der Waals surface area contributed by atoms with Crippen molar-refractivity contribution in [2.45, 2.75) is 19.3 Å².